The molecule has 144 valence electrons. The van der Waals surface area contributed by atoms with E-state index in [2.05, 4.69) is 20.9 Å². The van der Waals surface area contributed by atoms with Gasteiger partial charge in [0.2, 0.25) is 5.91 Å². The molecule has 0 atom stereocenters. The van der Waals surface area contributed by atoms with E-state index in [1.807, 2.05) is 13.0 Å². The van der Waals surface area contributed by atoms with Gasteiger partial charge in [0.25, 0.3) is 6.43 Å². The molecular weight excluding hydrogens is 342 g/mol. The fourth-order valence-corrected chi connectivity index (χ4v) is 2.26. The lowest BCUT2D eigenvalue weighted by atomic mass is 10.2. The minimum atomic E-state index is -2.50. The van der Waals surface area contributed by atoms with Gasteiger partial charge in [-0.15, -0.1) is 0 Å². The third-order valence-electron chi connectivity index (χ3n) is 3.70. The van der Waals surface area contributed by atoms with Crippen LogP contribution in [0.25, 0.3) is 0 Å². The SMILES string of the molecule is CCNC(=NCc1cccc(OCC(F)F)c1)NCCNC(=O)C1CC1. The number of ether oxygens (including phenoxy) is 1. The first-order valence-corrected chi connectivity index (χ1v) is 8.88. The molecule has 0 unspecified atom stereocenters. The summed E-state index contributed by atoms with van der Waals surface area (Å²) in [6, 6.07) is 6.95. The Morgan fingerprint density at radius 3 is 2.73 bits per heavy atom. The van der Waals surface area contributed by atoms with E-state index in [4.69, 9.17) is 4.74 Å². The molecule has 1 saturated carbocycles. The molecule has 1 aromatic rings. The van der Waals surface area contributed by atoms with Gasteiger partial charge in [0, 0.05) is 25.6 Å². The van der Waals surface area contributed by atoms with Crippen molar-refractivity contribution in [3.8, 4) is 5.75 Å². The molecule has 0 aromatic heterocycles. The van der Waals surface area contributed by atoms with E-state index in [0.29, 0.717) is 37.9 Å². The monoisotopic (exact) mass is 368 g/mol. The summed E-state index contributed by atoms with van der Waals surface area (Å²) >= 11 is 0. The molecule has 1 aliphatic rings. The highest BCUT2D eigenvalue weighted by atomic mass is 19.3. The van der Waals surface area contributed by atoms with E-state index in [9.17, 15) is 13.6 Å². The largest absolute Gasteiger partial charge is 0.488 e. The summed E-state index contributed by atoms with van der Waals surface area (Å²) in [6.07, 6.45) is -0.519. The Labute approximate surface area is 152 Å². The lowest BCUT2D eigenvalue weighted by molar-refractivity contribution is -0.122. The molecule has 2 rings (SSSR count). The second kappa shape index (κ2) is 10.6. The van der Waals surface area contributed by atoms with E-state index < -0.39 is 13.0 Å². The zero-order chi connectivity index (χ0) is 18.8. The molecule has 0 aliphatic heterocycles. The van der Waals surface area contributed by atoms with Crippen molar-refractivity contribution >= 4 is 11.9 Å². The Morgan fingerprint density at radius 1 is 1.27 bits per heavy atom. The van der Waals surface area contributed by atoms with Crippen molar-refractivity contribution in [1.29, 1.82) is 0 Å². The maximum absolute atomic E-state index is 12.2. The number of amides is 1. The summed E-state index contributed by atoms with van der Waals surface area (Å²) < 4.78 is 29.4. The molecular formula is C18H26F2N4O2. The quantitative estimate of drug-likeness (QED) is 0.335. The Morgan fingerprint density at radius 2 is 2.04 bits per heavy atom. The molecule has 0 heterocycles. The van der Waals surface area contributed by atoms with Gasteiger partial charge in [0.1, 0.15) is 12.4 Å². The number of carbonyl (C=O) groups is 1. The van der Waals surface area contributed by atoms with Gasteiger partial charge in [-0.05, 0) is 37.5 Å². The van der Waals surface area contributed by atoms with Crippen molar-refractivity contribution in [3.05, 3.63) is 29.8 Å². The fourth-order valence-electron chi connectivity index (χ4n) is 2.26. The van der Waals surface area contributed by atoms with Crippen LogP contribution in [0.1, 0.15) is 25.3 Å². The molecule has 26 heavy (non-hydrogen) atoms. The summed E-state index contributed by atoms with van der Waals surface area (Å²) in [7, 11) is 0. The highest BCUT2D eigenvalue weighted by Crippen LogP contribution is 2.28. The number of benzene rings is 1. The summed E-state index contributed by atoms with van der Waals surface area (Å²) in [6.45, 7) is 3.54. The molecule has 1 aliphatic carbocycles. The smallest absolute Gasteiger partial charge is 0.272 e. The minimum Gasteiger partial charge on any atom is -0.488 e. The summed E-state index contributed by atoms with van der Waals surface area (Å²) in [5.41, 5.74) is 0.857. The lowest BCUT2D eigenvalue weighted by Gasteiger charge is -2.12. The maximum atomic E-state index is 12.2. The zero-order valence-corrected chi connectivity index (χ0v) is 14.9. The first kappa shape index (κ1) is 19.9. The summed E-state index contributed by atoms with van der Waals surface area (Å²) in [4.78, 5) is 16.0. The summed E-state index contributed by atoms with van der Waals surface area (Å²) in [5.74, 6) is 1.36. The minimum absolute atomic E-state index is 0.120. The molecule has 0 bridgehead atoms. The van der Waals surface area contributed by atoms with Crippen LogP contribution in [0.3, 0.4) is 0 Å². The molecule has 0 spiro atoms. The Kier molecular flexibility index (Phi) is 8.11. The van der Waals surface area contributed by atoms with E-state index in [0.717, 1.165) is 18.4 Å². The molecule has 1 amide bonds. The number of rotatable bonds is 10. The second-order valence-electron chi connectivity index (χ2n) is 6.04. The van der Waals surface area contributed by atoms with Crippen LogP contribution < -0.4 is 20.7 Å². The van der Waals surface area contributed by atoms with Crippen LogP contribution in [0.4, 0.5) is 8.78 Å². The van der Waals surface area contributed by atoms with Crippen LogP contribution in [0.2, 0.25) is 0 Å². The number of nitrogens with zero attached hydrogens (tertiary/aromatic N) is 1. The highest BCUT2D eigenvalue weighted by Gasteiger charge is 2.28. The topological polar surface area (TPSA) is 74.8 Å². The Bertz CT molecular complexity index is 607. The fraction of sp³-hybridized carbons (Fsp3) is 0.556. The van der Waals surface area contributed by atoms with Crippen molar-refractivity contribution in [3.63, 3.8) is 0 Å². The molecule has 1 fully saturated rings. The highest BCUT2D eigenvalue weighted by molar-refractivity contribution is 5.81. The average molecular weight is 368 g/mol. The van der Waals surface area contributed by atoms with Gasteiger partial charge in [0.15, 0.2) is 5.96 Å². The van der Waals surface area contributed by atoms with Crippen molar-refractivity contribution in [2.75, 3.05) is 26.2 Å². The van der Waals surface area contributed by atoms with Crippen molar-refractivity contribution < 1.29 is 18.3 Å². The molecule has 1 aromatic carbocycles. The molecule has 8 heteroatoms. The van der Waals surface area contributed by atoms with Crippen LogP contribution >= 0.6 is 0 Å². The Hall–Kier alpha value is -2.38. The molecule has 6 nitrogen and oxygen atoms in total. The summed E-state index contributed by atoms with van der Waals surface area (Å²) in [5, 5.41) is 9.17. The third-order valence-corrected chi connectivity index (χ3v) is 3.70. The normalized spacial score (nSPS) is 14.2. The molecule has 0 saturated heterocycles. The number of halogens is 2. The van der Waals surface area contributed by atoms with E-state index >= 15 is 0 Å². The van der Waals surface area contributed by atoms with Crippen molar-refractivity contribution in [2.24, 2.45) is 10.9 Å². The first-order chi connectivity index (χ1) is 12.6. The van der Waals surface area contributed by atoms with Crippen LogP contribution in [0.5, 0.6) is 5.75 Å². The van der Waals surface area contributed by atoms with Crippen molar-refractivity contribution in [1.82, 2.24) is 16.0 Å². The van der Waals surface area contributed by atoms with Crippen LogP contribution in [0.15, 0.2) is 29.3 Å². The number of guanidine groups is 1. The lowest BCUT2D eigenvalue weighted by Crippen LogP contribution is -2.41. The van der Waals surface area contributed by atoms with Gasteiger partial charge in [-0.3, -0.25) is 4.79 Å². The third kappa shape index (κ3) is 7.67. The van der Waals surface area contributed by atoms with Crippen molar-refractivity contribution in [2.45, 2.75) is 32.7 Å². The van der Waals surface area contributed by atoms with Gasteiger partial charge in [0.05, 0.1) is 6.54 Å². The van der Waals surface area contributed by atoms with E-state index in [1.54, 1.807) is 18.2 Å². The first-order valence-electron chi connectivity index (χ1n) is 8.88. The van der Waals surface area contributed by atoms with Gasteiger partial charge in [-0.25, -0.2) is 13.8 Å². The van der Waals surface area contributed by atoms with Crippen LogP contribution in [0, 0.1) is 5.92 Å². The van der Waals surface area contributed by atoms with Crippen LogP contribution in [-0.2, 0) is 11.3 Å². The number of alkyl halides is 2. The second-order valence-corrected chi connectivity index (χ2v) is 6.04. The van der Waals surface area contributed by atoms with Crippen LogP contribution in [-0.4, -0.2) is 44.5 Å². The van der Waals surface area contributed by atoms with Gasteiger partial charge < -0.3 is 20.7 Å². The van der Waals surface area contributed by atoms with Gasteiger partial charge in [-0.2, -0.15) is 0 Å². The van der Waals surface area contributed by atoms with E-state index in [1.165, 1.54) is 0 Å². The maximum Gasteiger partial charge on any atom is 0.272 e. The van der Waals surface area contributed by atoms with E-state index in [-0.39, 0.29) is 11.8 Å². The number of carbonyl (C=O) groups excluding carboxylic acids is 1. The molecule has 0 radical (unpaired) electrons. The standard InChI is InChI=1S/C18H26F2N4O2/c1-2-21-18(23-9-8-22-17(25)14-6-7-14)24-11-13-4-3-5-15(10-13)26-12-16(19)20/h3-5,10,14,16H,2,6-9,11-12H2,1H3,(H,22,25)(H2,21,23,24). The average Bonchev–Trinajstić information content (AvgIpc) is 3.47. The predicted molar refractivity (Wildman–Crippen MR) is 96.5 cm³/mol. The number of nitrogens with one attached hydrogen (secondary N) is 3. The Balaban J connectivity index is 1.79. The van der Waals surface area contributed by atoms with Gasteiger partial charge in [-0.1, -0.05) is 12.1 Å². The molecule has 3 N–H and O–H groups in total. The zero-order valence-electron chi connectivity index (χ0n) is 14.9. The number of hydrogen-bond acceptors (Lipinski definition) is 3. The number of aliphatic imine (C=N–C) groups is 1. The van der Waals surface area contributed by atoms with Gasteiger partial charge >= 0.3 is 0 Å². The predicted octanol–water partition coefficient (Wildman–Crippen LogP) is 1.91. The number of hydrogen-bond donors (Lipinski definition) is 3.